The van der Waals surface area contributed by atoms with Gasteiger partial charge in [0.1, 0.15) is 5.65 Å². The van der Waals surface area contributed by atoms with Crippen LogP contribution in [0.25, 0.3) is 44.8 Å². The standard InChI is InChI=1S/C25H25ClFN5O3S.C18H19ClFN5O.C11H15ClFN3O.C7H15NO.C4HCl2FN2/c1-15-6-8-18(9-7-15)36(34,35)32-14-20(19-10-17(26)12-30-25(19)32)23-29-13-21(27)24(31-23)28-11-16-4-2-3-5-22(16)33;19-11-5-12-13(8-23-16(12)22-7-11)17-24-9-14(20)18(25-17)21-6-10-3-1-2-4-15(10)26;12-11-15-6-8(13)10(16-11)14-5-7-3-1-2-4-9(7)17;8-5-6-3-1-2-4-7(6)9;5-3-2(7)1-8-4(6)9-3/h6-10,12-14,16,22,33H,2-5,11H2,1H3,(H,28,29,31);5,7-10,15,26H,1-4,6H2,(H,22,23)(H,21,24,25);6-7,9,17H,1-5H2,(H,14,15,16);6-7,9H,1-5,8H2;1H. The van der Waals surface area contributed by atoms with E-state index in [1.54, 1.807) is 36.7 Å². The number of aliphatic hydroxyl groups is 4. The summed E-state index contributed by atoms with van der Waals surface area (Å²) in [6.45, 7) is 3.88. The molecule has 0 radical (unpaired) electrons. The molecule has 22 nitrogen and oxygen atoms in total. The second-order valence-corrected chi connectivity index (χ2v) is 27.9. The summed E-state index contributed by atoms with van der Waals surface area (Å²) in [5.41, 5.74) is 8.23. The van der Waals surface area contributed by atoms with Crippen LogP contribution in [0, 0.1) is 53.9 Å². The molecule has 97 heavy (non-hydrogen) atoms. The van der Waals surface area contributed by atoms with Crippen LogP contribution in [0.3, 0.4) is 0 Å². The maximum absolute atomic E-state index is 14.6. The number of anilines is 3. The lowest BCUT2D eigenvalue weighted by molar-refractivity contribution is 0.0742. The zero-order chi connectivity index (χ0) is 69.3. The summed E-state index contributed by atoms with van der Waals surface area (Å²) in [6, 6.07) is 9.85. The lowest BCUT2D eigenvalue weighted by Gasteiger charge is -2.27. The zero-order valence-electron chi connectivity index (χ0n) is 52.8. The van der Waals surface area contributed by atoms with Crippen LogP contribution < -0.4 is 21.7 Å². The molecule has 8 unspecified atom stereocenters. The molecule has 32 heteroatoms. The third kappa shape index (κ3) is 20.2. The van der Waals surface area contributed by atoms with E-state index < -0.39 is 39.4 Å². The predicted molar refractivity (Wildman–Crippen MR) is 367 cm³/mol. The van der Waals surface area contributed by atoms with Crippen molar-refractivity contribution in [3.8, 4) is 22.8 Å². The number of nitrogens with one attached hydrogen (secondary N) is 4. The van der Waals surface area contributed by atoms with Crippen molar-refractivity contribution in [2.75, 3.05) is 42.1 Å². The molecular formula is C65H75Cl5F4N16O6S. The number of aromatic amines is 1. The molecule has 4 fully saturated rings. The fraction of sp³-hybridized carbons (Fsp3) is 0.446. The lowest BCUT2D eigenvalue weighted by Crippen LogP contribution is -2.30. The van der Waals surface area contributed by atoms with Crippen LogP contribution in [0.2, 0.25) is 25.8 Å². The molecular weight excluding hydrogens is 1390 g/mol. The average Bonchev–Trinajstić information content (AvgIpc) is 1.61. The third-order valence-electron chi connectivity index (χ3n) is 17.4. The van der Waals surface area contributed by atoms with Crippen LogP contribution in [0.4, 0.5) is 35.0 Å². The Morgan fingerprint density at radius 2 is 0.948 bits per heavy atom. The number of hydrogen-bond donors (Lipinski definition) is 9. The van der Waals surface area contributed by atoms with Crippen LogP contribution in [-0.4, -0.2) is 138 Å². The molecule has 0 amide bonds. The van der Waals surface area contributed by atoms with E-state index in [0.717, 1.165) is 130 Å². The largest absolute Gasteiger partial charge is 0.393 e. The highest BCUT2D eigenvalue weighted by Crippen LogP contribution is 2.35. The summed E-state index contributed by atoms with van der Waals surface area (Å²) in [4.78, 5) is 42.5. The first-order valence-corrected chi connectivity index (χ1v) is 35.2. The minimum absolute atomic E-state index is 0.00105. The Hall–Kier alpha value is -6.76. The Morgan fingerprint density at radius 3 is 1.41 bits per heavy atom. The topological polar surface area (TPSA) is 327 Å². The first kappa shape index (κ1) is 74.5. The maximum Gasteiger partial charge on any atom is 0.269 e. The van der Waals surface area contributed by atoms with E-state index in [2.05, 4.69) is 70.8 Å². The predicted octanol–water partition coefficient (Wildman–Crippen LogP) is 13.2. The van der Waals surface area contributed by atoms with Crippen molar-refractivity contribution < 1.29 is 46.4 Å². The van der Waals surface area contributed by atoms with Crippen molar-refractivity contribution in [1.29, 1.82) is 0 Å². The number of benzene rings is 1. The molecule has 520 valence electrons. The van der Waals surface area contributed by atoms with Gasteiger partial charge in [0, 0.05) is 84.1 Å². The molecule has 0 saturated heterocycles. The average molecular weight is 1460 g/mol. The molecule has 0 bridgehead atoms. The maximum atomic E-state index is 14.6. The highest BCUT2D eigenvalue weighted by atomic mass is 35.5. The molecule has 0 aliphatic heterocycles. The number of rotatable bonds is 14. The van der Waals surface area contributed by atoms with Gasteiger partial charge in [0.2, 0.25) is 10.6 Å². The van der Waals surface area contributed by atoms with Gasteiger partial charge in [0.15, 0.2) is 63.2 Å². The first-order chi connectivity index (χ1) is 46.6. The number of aromatic nitrogens is 12. The van der Waals surface area contributed by atoms with Crippen molar-refractivity contribution in [2.45, 2.75) is 139 Å². The van der Waals surface area contributed by atoms with E-state index in [1.807, 2.05) is 6.92 Å². The quantitative estimate of drug-likeness (QED) is 0.0277. The summed E-state index contributed by atoms with van der Waals surface area (Å²) in [5, 5.41) is 50.0. The molecule has 4 saturated carbocycles. The Balaban J connectivity index is 0.000000157. The number of H-pyrrole nitrogens is 1. The number of nitrogens with zero attached hydrogens (tertiary/aromatic N) is 11. The van der Waals surface area contributed by atoms with Crippen LogP contribution in [-0.2, 0) is 10.0 Å². The van der Waals surface area contributed by atoms with Crippen LogP contribution in [0.1, 0.15) is 108 Å². The second kappa shape index (κ2) is 35.3. The summed E-state index contributed by atoms with van der Waals surface area (Å²) in [6.07, 6.45) is 24.9. The minimum Gasteiger partial charge on any atom is -0.393 e. The van der Waals surface area contributed by atoms with E-state index in [4.69, 9.17) is 63.7 Å². The molecule has 8 atom stereocenters. The number of aryl methyl sites for hydroxylation is 1. The van der Waals surface area contributed by atoms with Crippen LogP contribution >= 0.6 is 58.0 Å². The van der Waals surface area contributed by atoms with Gasteiger partial charge >= 0.3 is 0 Å². The van der Waals surface area contributed by atoms with E-state index in [-0.39, 0.29) is 85.6 Å². The highest BCUT2D eigenvalue weighted by Gasteiger charge is 2.29. The van der Waals surface area contributed by atoms with Crippen LogP contribution in [0.15, 0.2) is 90.9 Å². The molecule has 9 aromatic rings. The molecule has 4 aliphatic carbocycles. The van der Waals surface area contributed by atoms with Gasteiger partial charge in [0.05, 0.1) is 64.1 Å². The number of aliphatic hydroxyl groups excluding tert-OH is 4. The van der Waals surface area contributed by atoms with E-state index >= 15 is 0 Å². The molecule has 13 rings (SSSR count). The van der Waals surface area contributed by atoms with E-state index in [9.17, 15) is 46.4 Å². The van der Waals surface area contributed by atoms with Gasteiger partial charge in [-0.05, 0) is 118 Å². The summed E-state index contributed by atoms with van der Waals surface area (Å²) < 4.78 is 82.2. The number of nitrogens with two attached hydrogens (primary N) is 1. The lowest BCUT2D eigenvalue weighted by atomic mass is 9.86. The van der Waals surface area contributed by atoms with Gasteiger partial charge in [0.25, 0.3) is 10.0 Å². The Bertz CT molecular complexity index is 4190. The number of hydrogen-bond acceptors (Lipinski definition) is 20. The zero-order valence-corrected chi connectivity index (χ0v) is 57.4. The van der Waals surface area contributed by atoms with Crippen molar-refractivity contribution in [2.24, 2.45) is 29.4 Å². The Kier molecular flexibility index (Phi) is 27.1. The number of fused-ring (bicyclic) bond motifs is 2. The van der Waals surface area contributed by atoms with Crippen molar-refractivity contribution in [1.82, 2.24) is 58.8 Å². The fourth-order valence-corrected chi connectivity index (χ4v) is 13.9. The SMILES string of the molecule is Cc1ccc(S(=O)(=O)n2cc(-c3ncc(F)c(NCC4CCCCC4O)n3)c3cc(Cl)cnc32)cc1.Fc1cnc(Cl)nc1Cl.NCC1CCCCC1O.OC1CCCCC1CNc1nc(-c2c[nH]c3ncc(Cl)cc23)ncc1F.OC1CCCCC1CNc1nc(Cl)ncc1F. The smallest absolute Gasteiger partial charge is 0.269 e. The molecule has 10 N–H and O–H groups in total. The molecule has 4 aliphatic rings. The number of pyridine rings is 2. The monoisotopic (exact) mass is 1460 g/mol. The normalized spacial score (nSPS) is 20.9. The van der Waals surface area contributed by atoms with Gasteiger partial charge in [-0.3, -0.25) is 0 Å². The second-order valence-electron chi connectivity index (χ2n) is 24.2. The molecule has 1 aromatic carbocycles. The summed E-state index contributed by atoms with van der Waals surface area (Å²) in [5.74, 6) is -0.986. The third-order valence-corrected chi connectivity index (χ3v) is 20.1. The van der Waals surface area contributed by atoms with Gasteiger partial charge in [-0.2, -0.15) is 4.98 Å². The van der Waals surface area contributed by atoms with E-state index in [1.165, 1.54) is 37.4 Å². The van der Waals surface area contributed by atoms with Crippen molar-refractivity contribution in [3.05, 3.63) is 141 Å². The Morgan fingerprint density at radius 1 is 0.526 bits per heavy atom. The summed E-state index contributed by atoms with van der Waals surface area (Å²) in [7, 11) is -3.99. The van der Waals surface area contributed by atoms with Gasteiger partial charge in [-0.15, -0.1) is 0 Å². The molecule has 8 aromatic heterocycles. The first-order valence-electron chi connectivity index (χ1n) is 31.9. The van der Waals surface area contributed by atoms with Crippen molar-refractivity contribution in [3.63, 3.8) is 0 Å². The van der Waals surface area contributed by atoms with Gasteiger partial charge in [-0.25, -0.2) is 74.8 Å². The minimum atomic E-state index is -3.99. The molecule has 0 spiro atoms. The fourth-order valence-electron chi connectivity index (χ4n) is 11.9. The van der Waals surface area contributed by atoms with E-state index in [0.29, 0.717) is 70.1 Å². The van der Waals surface area contributed by atoms with Crippen molar-refractivity contribution >= 4 is 108 Å². The number of halogens is 9. The highest BCUT2D eigenvalue weighted by molar-refractivity contribution is 7.90. The summed E-state index contributed by atoms with van der Waals surface area (Å²) >= 11 is 28.2. The Labute approximate surface area is 583 Å². The van der Waals surface area contributed by atoms with Gasteiger partial charge < -0.3 is 47.1 Å². The van der Waals surface area contributed by atoms with Gasteiger partial charge in [-0.1, -0.05) is 104 Å². The molecule has 8 heterocycles. The van der Waals surface area contributed by atoms with Crippen LogP contribution in [0.5, 0.6) is 0 Å².